The van der Waals surface area contributed by atoms with Crippen molar-refractivity contribution in [2.45, 2.75) is 13.3 Å². The Morgan fingerprint density at radius 2 is 1.75 bits per heavy atom. The Bertz CT molecular complexity index is 169. The number of carboxylic acids is 2. The van der Waals surface area contributed by atoms with Crippen molar-refractivity contribution in [2.75, 3.05) is 0 Å². The van der Waals surface area contributed by atoms with Crippen LogP contribution in [-0.2, 0) is 9.59 Å². The molecule has 0 atom stereocenters. The van der Waals surface area contributed by atoms with Crippen molar-refractivity contribution in [1.82, 2.24) is 0 Å². The zero-order valence-electron chi connectivity index (χ0n) is 6.86. The van der Waals surface area contributed by atoms with Crippen LogP contribution in [0.15, 0.2) is 24.8 Å². The minimum atomic E-state index is -1.82. The first kappa shape index (κ1) is 13.0. The summed E-state index contributed by atoms with van der Waals surface area (Å²) in [5.74, 6) is -3.65. The Labute approximate surface area is 70.8 Å². The lowest BCUT2D eigenvalue weighted by molar-refractivity contribution is -0.159. The van der Waals surface area contributed by atoms with Crippen LogP contribution in [0, 0.1) is 0 Å². The van der Waals surface area contributed by atoms with Crippen molar-refractivity contribution in [3.8, 4) is 0 Å². The molecule has 0 saturated heterocycles. The second-order valence-corrected chi connectivity index (χ2v) is 1.68. The van der Waals surface area contributed by atoms with Gasteiger partial charge in [-0.25, -0.2) is 9.59 Å². The molecule has 12 heavy (non-hydrogen) atoms. The molecule has 0 aromatic heterocycles. The summed E-state index contributed by atoms with van der Waals surface area (Å²) >= 11 is 0. The first-order valence-corrected chi connectivity index (χ1v) is 3.30. The van der Waals surface area contributed by atoms with Crippen molar-refractivity contribution in [1.29, 1.82) is 0 Å². The molecule has 0 bridgehead atoms. The summed E-state index contributed by atoms with van der Waals surface area (Å²) in [6.07, 6.45) is 6.89. The smallest absolute Gasteiger partial charge is 0.414 e. The molecule has 0 aliphatic rings. The van der Waals surface area contributed by atoms with E-state index in [4.69, 9.17) is 19.8 Å². The molecule has 4 heteroatoms. The molecule has 0 radical (unpaired) electrons. The van der Waals surface area contributed by atoms with Gasteiger partial charge in [0.25, 0.3) is 0 Å². The normalized spacial score (nSPS) is 8.42. The summed E-state index contributed by atoms with van der Waals surface area (Å²) < 4.78 is 0. The van der Waals surface area contributed by atoms with Crippen LogP contribution in [0.3, 0.4) is 0 Å². The maximum absolute atomic E-state index is 9.10. The highest BCUT2D eigenvalue weighted by Crippen LogP contribution is 1.76. The Morgan fingerprint density at radius 3 is 1.83 bits per heavy atom. The predicted octanol–water partition coefficient (Wildman–Crippen LogP) is 1.29. The average molecular weight is 172 g/mol. The molecule has 68 valence electrons. The molecule has 0 saturated carbocycles. The van der Waals surface area contributed by atoms with Crippen LogP contribution < -0.4 is 0 Å². The Kier molecular flexibility index (Phi) is 10.2. The van der Waals surface area contributed by atoms with Crippen LogP contribution in [0.25, 0.3) is 0 Å². The van der Waals surface area contributed by atoms with E-state index in [0.29, 0.717) is 0 Å². The van der Waals surface area contributed by atoms with Crippen LogP contribution in [-0.4, -0.2) is 22.2 Å². The third-order valence-corrected chi connectivity index (χ3v) is 0.691. The number of hydrogen-bond acceptors (Lipinski definition) is 2. The van der Waals surface area contributed by atoms with E-state index in [-0.39, 0.29) is 0 Å². The van der Waals surface area contributed by atoms with Crippen LogP contribution in [0.2, 0.25) is 0 Å². The van der Waals surface area contributed by atoms with E-state index in [1.165, 1.54) is 0 Å². The number of allylic oxidation sites excluding steroid dienone is 3. The van der Waals surface area contributed by atoms with Gasteiger partial charge in [0, 0.05) is 0 Å². The number of aliphatic carboxylic acids is 2. The minimum Gasteiger partial charge on any atom is -0.473 e. The predicted molar refractivity (Wildman–Crippen MR) is 44.9 cm³/mol. The lowest BCUT2D eigenvalue weighted by Crippen LogP contribution is -2.09. The molecule has 0 aromatic rings. The summed E-state index contributed by atoms with van der Waals surface area (Å²) in [5, 5.41) is 14.8. The van der Waals surface area contributed by atoms with Crippen LogP contribution in [0.1, 0.15) is 13.3 Å². The van der Waals surface area contributed by atoms with Gasteiger partial charge in [-0.05, 0) is 6.42 Å². The first-order chi connectivity index (χ1) is 5.56. The van der Waals surface area contributed by atoms with E-state index in [9.17, 15) is 0 Å². The molecule has 0 amide bonds. The van der Waals surface area contributed by atoms with Gasteiger partial charge in [0.15, 0.2) is 0 Å². The highest BCUT2D eigenvalue weighted by Gasteiger charge is 2.04. The number of carboxylic acid groups (broad SMARTS) is 2. The highest BCUT2D eigenvalue weighted by atomic mass is 16.4. The topological polar surface area (TPSA) is 74.6 Å². The highest BCUT2D eigenvalue weighted by molar-refractivity contribution is 6.27. The number of carbonyl (C=O) groups is 2. The van der Waals surface area contributed by atoms with Crippen LogP contribution >= 0.6 is 0 Å². The van der Waals surface area contributed by atoms with Gasteiger partial charge >= 0.3 is 11.9 Å². The molecule has 0 aliphatic heterocycles. The van der Waals surface area contributed by atoms with E-state index in [1.807, 2.05) is 6.08 Å². The molecule has 0 heterocycles. The minimum absolute atomic E-state index is 1.10. The maximum Gasteiger partial charge on any atom is 0.414 e. The largest absolute Gasteiger partial charge is 0.473 e. The van der Waals surface area contributed by atoms with Crippen LogP contribution in [0.5, 0.6) is 0 Å². The summed E-state index contributed by atoms with van der Waals surface area (Å²) in [5.41, 5.74) is 0. The first-order valence-electron chi connectivity index (χ1n) is 3.30. The molecular weight excluding hydrogens is 160 g/mol. The molecule has 2 N–H and O–H groups in total. The molecule has 0 rings (SSSR count). The summed E-state index contributed by atoms with van der Waals surface area (Å²) in [7, 11) is 0. The Balaban J connectivity index is 0. The van der Waals surface area contributed by atoms with E-state index in [0.717, 1.165) is 6.42 Å². The molecule has 0 unspecified atom stereocenters. The molecule has 4 nitrogen and oxygen atoms in total. The van der Waals surface area contributed by atoms with Gasteiger partial charge in [-0.15, -0.1) is 0 Å². The van der Waals surface area contributed by atoms with E-state index in [2.05, 4.69) is 19.6 Å². The van der Waals surface area contributed by atoms with E-state index in [1.54, 1.807) is 6.08 Å². The fourth-order valence-electron chi connectivity index (χ4n) is 0.232. The molecular formula is C8H12O4. The van der Waals surface area contributed by atoms with Gasteiger partial charge in [-0.2, -0.15) is 0 Å². The SMILES string of the molecule is C=CC=CCC.O=C(O)C(=O)O. The van der Waals surface area contributed by atoms with Gasteiger partial charge in [-0.1, -0.05) is 31.7 Å². The molecule has 0 fully saturated rings. The standard InChI is InChI=1S/C6H10.C2H2O4/c1-3-5-6-4-2;3-1(4)2(5)6/h3,5-6H,1,4H2,2H3;(H,3,4)(H,5,6). The monoisotopic (exact) mass is 172 g/mol. The van der Waals surface area contributed by atoms with Gasteiger partial charge < -0.3 is 10.2 Å². The van der Waals surface area contributed by atoms with Crippen molar-refractivity contribution < 1.29 is 19.8 Å². The van der Waals surface area contributed by atoms with Crippen molar-refractivity contribution in [2.24, 2.45) is 0 Å². The van der Waals surface area contributed by atoms with Gasteiger partial charge in [0.1, 0.15) is 0 Å². The molecule has 0 aliphatic carbocycles. The van der Waals surface area contributed by atoms with E-state index >= 15 is 0 Å². The number of hydrogen-bond donors (Lipinski definition) is 2. The fraction of sp³-hybridized carbons (Fsp3) is 0.250. The average Bonchev–Trinajstić information content (AvgIpc) is 2.02. The lowest BCUT2D eigenvalue weighted by atomic mass is 10.4. The van der Waals surface area contributed by atoms with Gasteiger partial charge in [-0.3, -0.25) is 0 Å². The zero-order chi connectivity index (χ0) is 9.98. The molecule has 0 spiro atoms. The van der Waals surface area contributed by atoms with Crippen molar-refractivity contribution in [3.63, 3.8) is 0 Å². The summed E-state index contributed by atoms with van der Waals surface area (Å²) in [6, 6.07) is 0. The third kappa shape index (κ3) is 15.8. The van der Waals surface area contributed by atoms with Gasteiger partial charge in [0.2, 0.25) is 0 Å². The summed E-state index contributed by atoms with van der Waals surface area (Å²) in [6.45, 7) is 5.61. The lowest BCUT2D eigenvalue weighted by Gasteiger charge is -1.72. The Hall–Kier alpha value is -1.58. The van der Waals surface area contributed by atoms with E-state index < -0.39 is 11.9 Å². The van der Waals surface area contributed by atoms with Gasteiger partial charge in [0.05, 0.1) is 0 Å². The fourth-order valence-corrected chi connectivity index (χ4v) is 0.232. The van der Waals surface area contributed by atoms with Crippen molar-refractivity contribution >= 4 is 11.9 Å². The zero-order valence-corrected chi connectivity index (χ0v) is 6.86. The molecule has 0 aromatic carbocycles. The van der Waals surface area contributed by atoms with Crippen LogP contribution in [0.4, 0.5) is 0 Å². The maximum atomic E-state index is 9.10. The summed E-state index contributed by atoms with van der Waals surface area (Å²) in [4.78, 5) is 18.2. The second-order valence-electron chi connectivity index (χ2n) is 1.68. The quantitative estimate of drug-likeness (QED) is 0.486. The third-order valence-electron chi connectivity index (χ3n) is 0.691. The second kappa shape index (κ2) is 9.42. The van der Waals surface area contributed by atoms with Crippen molar-refractivity contribution in [3.05, 3.63) is 24.8 Å². The Morgan fingerprint density at radius 1 is 1.33 bits per heavy atom. The number of rotatable bonds is 2.